The Hall–Kier alpha value is -3.16. The van der Waals surface area contributed by atoms with Gasteiger partial charge in [-0.3, -0.25) is 14.4 Å². The number of benzene rings is 1. The van der Waals surface area contributed by atoms with Crippen molar-refractivity contribution in [3.63, 3.8) is 0 Å². The van der Waals surface area contributed by atoms with Gasteiger partial charge < -0.3 is 15.5 Å². The number of rotatable bonds is 3. The SMILES string of the molecule is CC(=O)N1CCN(C(=O)c2cc(C(N)=O)n(-c3ccccc3)n2)CC1. The van der Waals surface area contributed by atoms with Gasteiger partial charge in [-0.05, 0) is 12.1 Å². The van der Waals surface area contributed by atoms with Crippen LogP contribution in [0.15, 0.2) is 36.4 Å². The predicted molar refractivity (Wildman–Crippen MR) is 90.2 cm³/mol. The van der Waals surface area contributed by atoms with Crippen molar-refractivity contribution in [2.24, 2.45) is 5.73 Å². The van der Waals surface area contributed by atoms with Crippen LogP contribution in [0.2, 0.25) is 0 Å². The molecule has 1 aromatic heterocycles. The van der Waals surface area contributed by atoms with Crippen LogP contribution in [0, 0.1) is 0 Å². The Morgan fingerprint density at radius 3 is 2.16 bits per heavy atom. The number of para-hydroxylation sites is 1. The quantitative estimate of drug-likeness (QED) is 0.866. The topological polar surface area (TPSA) is 102 Å². The number of piperazine rings is 1. The number of hydrogen-bond donors (Lipinski definition) is 1. The van der Waals surface area contributed by atoms with E-state index in [2.05, 4.69) is 5.10 Å². The van der Waals surface area contributed by atoms with Crippen molar-refractivity contribution >= 4 is 17.7 Å². The largest absolute Gasteiger partial charge is 0.364 e. The van der Waals surface area contributed by atoms with Gasteiger partial charge in [0.05, 0.1) is 5.69 Å². The maximum atomic E-state index is 12.7. The molecule has 25 heavy (non-hydrogen) atoms. The second-order valence-electron chi connectivity index (χ2n) is 5.82. The molecule has 3 amide bonds. The smallest absolute Gasteiger partial charge is 0.274 e. The van der Waals surface area contributed by atoms with Gasteiger partial charge in [0.15, 0.2) is 5.69 Å². The highest BCUT2D eigenvalue weighted by Crippen LogP contribution is 2.15. The van der Waals surface area contributed by atoms with Gasteiger partial charge in [-0.1, -0.05) is 18.2 Å². The van der Waals surface area contributed by atoms with Crippen molar-refractivity contribution in [1.29, 1.82) is 0 Å². The molecule has 1 fully saturated rings. The molecule has 0 radical (unpaired) electrons. The fraction of sp³-hybridized carbons (Fsp3) is 0.294. The minimum atomic E-state index is -0.656. The Morgan fingerprint density at radius 2 is 1.60 bits per heavy atom. The van der Waals surface area contributed by atoms with Crippen molar-refractivity contribution in [2.45, 2.75) is 6.92 Å². The molecular weight excluding hydrogens is 322 g/mol. The van der Waals surface area contributed by atoms with Crippen molar-refractivity contribution in [1.82, 2.24) is 19.6 Å². The maximum absolute atomic E-state index is 12.7. The van der Waals surface area contributed by atoms with Crippen LogP contribution in [0.4, 0.5) is 0 Å². The lowest BCUT2D eigenvalue weighted by Gasteiger charge is -2.33. The van der Waals surface area contributed by atoms with E-state index in [4.69, 9.17) is 5.73 Å². The molecular formula is C17H19N5O3. The molecule has 0 unspecified atom stereocenters. The third-order valence-corrected chi connectivity index (χ3v) is 4.19. The van der Waals surface area contributed by atoms with E-state index in [-0.39, 0.29) is 23.2 Å². The zero-order valence-electron chi connectivity index (χ0n) is 13.9. The van der Waals surface area contributed by atoms with Crippen LogP contribution in [0.3, 0.4) is 0 Å². The third kappa shape index (κ3) is 3.37. The van der Waals surface area contributed by atoms with Gasteiger partial charge in [0.25, 0.3) is 11.8 Å². The van der Waals surface area contributed by atoms with E-state index in [1.165, 1.54) is 17.7 Å². The maximum Gasteiger partial charge on any atom is 0.274 e. The first-order valence-corrected chi connectivity index (χ1v) is 7.97. The second kappa shape index (κ2) is 6.76. The molecule has 3 rings (SSSR count). The molecule has 8 heteroatoms. The molecule has 1 aromatic carbocycles. The lowest BCUT2D eigenvalue weighted by molar-refractivity contribution is -0.130. The van der Waals surface area contributed by atoms with Crippen LogP contribution in [0.25, 0.3) is 5.69 Å². The Morgan fingerprint density at radius 1 is 1.00 bits per heavy atom. The molecule has 2 N–H and O–H groups in total. The molecule has 2 aromatic rings. The summed E-state index contributed by atoms with van der Waals surface area (Å²) < 4.78 is 1.38. The van der Waals surface area contributed by atoms with Gasteiger partial charge in [-0.15, -0.1) is 0 Å². The predicted octanol–water partition coefficient (Wildman–Crippen LogP) is 0.276. The number of amides is 3. The number of carbonyl (C=O) groups excluding carboxylic acids is 3. The van der Waals surface area contributed by atoms with Crippen LogP contribution >= 0.6 is 0 Å². The monoisotopic (exact) mass is 341 g/mol. The molecule has 0 bridgehead atoms. The number of aromatic nitrogens is 2. The molecule has 2 heterocycles. The van der Waals surface area contributed by atoms with E-state index in [0.29, 0.717) is 31.9 Å². The standard InChI is InChI=1S/C17H19N5O3/c1-12(23)20-7-9-21(10-8-20)17(25)14-11-15(16(18)24)22(19-14)13-5-3-2-4-6-13/h2-6,11H,7-10H2,1H3,(H2,18,24). The summed E-state index contributed by atoms with van der Waals surface area (Å²) >= 11 is 0. The molecule has 8 nitrogen and oxygen atoms in total. The summed E-state index contributed by atoms with van der Waals surface area (Å²) in [6.45, 7) is 3.36. The van der Waals surface area contributed by atoms with E-state index in [9.17, 15) is 14.4 Å². The summed E-state index contributed by atoms with van der Waals surface area (Å²) in [5.74, 6) is -0.936. The van der Waals surface area contributed by atoms with E-state index in [1.807, 2.05) is 18.2 Å². The summed E-state index contributed by atoms with van der Waals surface area (Å²) in [7, 11) is 0. The van der Waals surface area contributed by atoms with Crippen LogP contribution in [-0.2, 0) is 4.79 Å². The Labute approximate surface area is 144 Å². The molecule has 0 atom stereocenters. The van der Waals surface area contributed by atoms with Crippen LogP contribution in [-0.4, -0.2) is 63.5 Å². The molecule has 1 aliphatic rings. The Balaban J connectivity index is 1.85. The highest BCUT2D eigenvalue weighted by Gasteiger charge is 2.26. The normalized spacial score (nSPS) is 14.4. The Bertz CT molecular complexity index is 807. The number of primary amides is 1. The number of nitrogens with zero attached hydrogens (tertiary/aromatic N) is 4. The van der Waals surface area contributed by atoms with Crippen molar-refractivity contribution in [3.05, 3.63) is 47.8 Å². The highest BCUT2D eigenvalue weighted by atomic mass is 16.2. The molecule has 130 valence electrons. The number of hydrogen-bond acceptors (Lipinski definition) is 4. The van der Waals surface area contributed by atoms with Gasteiger partial charge in [0, 0.05) is 39.2 Å². The lowest BCUT2D eigenvalue weighted by atomic mass is 10.2. The van der Waals surface area contributed by atoms with E-state index in [0.717, 1.165) is 0 Å². The zero-order valence-corrected chi connectivity index (χ0v) is 13.9. The molecule has 0 spiro atoms. The van der Waals surface area contributed by atoms with Crippen molar-refractivity contribution < 1.29 is 14.4 Å². The minimum absolute atomic E-state index is 0.00327. The van der Waals surface area contributed by atoms with Crippen molar-refractivity contribution in [3.8, 4) is 5.69 Å². The highest BCUT2D eigenvalue weighted by molar-refractivity contribution is 5.97. The third-order valence-electron chi connectivity index (χ3n) is 4.19. The van der Waals surface area contributed by atoms with E-state index in [1.54, 1.807) is 21.9 Å². The first-order chi connectivity index (χ1) is 12.0. The van der Waals surface area contributed by atoms with Crippen LogP contribution in [0.1, 0.15) is 27.9 Å². The number of carbonyl (C=O) groups is 3. The average Bonchev–Trinajstić information content (AvgIpc) is 3.07. The van der Waals surface area contributed by atoms with Crippen LogP contribution in [0.5, 0.6) is 0 Å². The van der Waals surface area contributed by atoms with Crippen molar-refractivity contribution in [2.75, 3.05) is 26.2 Å². The lowest BCUT2D eigenvalue weighted by Crippen LogP contribution is -2.50. The van der Waals surface area contributed by atoms with E-state index >= 15 is 0 Å². The van der Waals surface area contributed by atoms with Gasteiger partial charge in [-0.2, -0.15) is 5.10 Å². The molecule has 0 aliphatic carbocycles. The fourth-order valence-corrected chi connectivity index (χ4v) is 2.81. The number of nitrogens with two attached hydrogens (primary N) is 1. The average molecular weight is 341 g/mol. The fourth-order valence-electron chi connectivity index (χ4n) is 2.81. The van der Waals surface area contributed by atoms with Gasteiger partial charge in [0.2, 0.25) is 5.91 Å². The summed E-state index contributed by atoms with van der Waals surface area (Å²) in [6, 6.07) is 10.4. The van der Waals surface area contributed by atoms with Gasteiger partial charge >= 0.3 is 0 Å². The summed E-state index contributed by atoms with van der Waals surface area (Å²) in [4.78, 5) is 39.1. The first-order valence-electron chi connectivity index (χ1n) is 7.97. The summed E-state index contributed by atoms with van der Waals surface area (Å²) in [6.07, 6.45) is 0. The molecule has 1 aliphatic heterocycles. The first kappa shape index (κ1) is 16.7. The molecule has 1 saturated heterocycles. The molecule has 0 saturated carbocycles. The minimum Gasteiger partial charge on any atom is -0.364 e. The van der Waals surface area contributed by atoms with Crippen LogP contribution < -0.4 is 5.73 Å². The van der Waals surface area contributed by atoms with E-state index < -0.39 is 5.91 Å². The summed E-state index contributed by atoms with van der Waals surface area (Å²) in [5.41, 5.74) is 6.39. The van der Waals surface area contributed by atoms with Gasteiger partial charge in [-0.25, -0.2) is 4.68 Å². The Kier molecular flexibility index (Phi) is 4.51. The second-order valence-corrected chi connectivity index (χ2v) is 5.82. The van der Waals surface area contributed by atoms with Gasteiger partial charge in [0.1, 0.15) is 5.69 Å². The summed E-state index contributed by atoms with van der Waals surface area (Å²) in [5, 5.41) is 4.28. The zero-order chi connectivity index (χ0) is 18.0.